The minimum absolute atomic E-state index is 0.0236. The largest absolute Gasteiger partial charge is 0.214 e. The van der Waals surface area contributed by atoms with Crippen LogP contribution in [0.15, 0.2) is 10.7 Å². The Labute approximate surface area is 98.2 Å². The van der Waals surface area contributed by atoms with Gasteiger partial charge in [-0.1, -0.05) is 20.8 Å². The van der Waals surface area contributed by atoms with E-state index in [9.17, 15) is 4.39 Å². The molecule has 0 saturated heterocycles. The molecule has 0 unspecified atom stereocenters. The maximum absolute atomic E-state index is 13.3. The van der Waals surface area contributed by atoms with Crippen LogP contribution < -0.4 is 0 Å². The monoisotopic (exact) mass is 271 g/mol. The third-order valence-electron chi connectivity index (χ3n) is 2.77. The van der Waals surface area contributed by atoms with Crippen LogP contribution in [0.25, 0.3) is 0 Å². The van der Waals surface area contributed by atoms with Crippen LogP contribution in [0, 0.1) is 5.95 Å². The van der Waals surface area contributed by atoms with Gasteiger partial charge in [0.1, 0.15) is 4.60 Å². The second-order valence-electron chi connectivity index (χ2n) is 5.22. The zero-order chi connectivity index (χ0) is 11.2. The maximum Gasteiger partial charge on any atom is 0.214 e. The Hall–Kier alpha value is -0.440. The SMILES string of the molecule is CC(C)(C)c1cc(F)nc(Br)c1C1CC1. The average Bonchev–Trinajstić information content (AvgIpc) is 2.84. The van der Waals surface area contributed by atoms with E-state index in [1.54, 1.807) is 6.07 Å². The Morgan fingerprint density at radius 2 is 2.00 bits per heavy atom. The number of pyridine rings is 1. The highest BCUT2D eigenvalue weighted by Crippen LogP contribution is 2.47. The zero-order valence-electron chi connectivity index (χ0n) is 9.27. The summed E-state index contributed by atoms with van der Waals surface area (Å²) in [6.07, 6.45) is 2.41. The molecule has 1 aromatic heterocycles. The fourth-order valence-electron chi connectivity index (χ4n) is 1.88. The van der Waals surface area contributed by atoms with Gasteiger partial charge >= 0.3 is 0 Å². The molecular formula is C12H15BrFN. The number of hydrogen-bond donors (Lipinski definition) is 0. The summed E-state index contributed by atoms with van der Waals surface area (Å²) < 4.78 is 14.0. The molecule has 1 aliphatic carbocycles. The number of aromatic nitrogens is 1. The molecule has 0 bridgehead atoms. The summed E-state index contributed by atoms with van der Waals surface area (Å²) in [5.74, 6) is 0.193. The molecule has 1 nitrogen and oxygen atoms in total. The molecule has 0 aliphatic heterocycles. The van der Waals surface area contributed by atoms with E-state index in [2.05, 4.69) is 41.7 Å². The zero-order valence-corrected chi connectivity index (χ0v) is 10.9. The van der Waals surface area contributed by atoms with E-state index in [0.717, 1.165) is 5.56 Å². The molecule has 15 heavy (non-hydrogen) atoms. The Bertz CT molecular complexity index is 391. The summed E-state index contributed by atoms with van der Waals surface area (Å²) in [6, 6.07) is 1.58. The molecular weight excluding hydrogens is 257 g/mol. The van der Waals surface area contributed by atoms with Gasteiger partial charge in [-0.2, -0.15) is 4.39 Å². The van der Waals surface area contributed by atoms with Crippen LogP contribution in [0.4, 0.5) is 4.39 Å². The average molecular weight is 272 g/mol. The van der Waals surface area contributed by atoms with Gasteiger partial charge < -0.3 is 0 Å². The van der Waals surface area contributed by atoms with Crippen LogP contribution in [0.3, 0.4) is 0 Å². The summed E-state index contributed by atoms with van der Waals surface area (Å²) in [4.78, 5) is 3.86. The fourth-order valence-corrected chi connectivity index (χ4v) is 2.58. The topological polar surface area (TPSA) is 12.9 Å². The summed E-state index contributed by atoms with van der Waals surface area (Å²) in [5, 5.41) is 0. The van der Waals surface area contributed by atoms with Crippen molar-refractivity contribution in [3.8, 4) is 0 Å². The first-order chi connectivity index (χ1) is 6.89. The van der Waals surface area contributed by atoms with E-state index in [4.69, 9.17) is 0 Å². The predicted octanol–water partition coefficient (Wildman–Crippen LogP) is 4.16. The summed E-state index contributed by atoms with van der Waals surface area (Å²) in [5.41, 5.74) is 2.28. The third-order valence-corrected chi connectivity index (χ3v) is 3.38. The minimum Gasteiger partial charge on any atom is -0.212 e. The lowest BCUT2D eigenvalue weighted by molar-refractivity contribution is 0.542. The highest BCUT2D eigenvalue weighted by molar-refractivity contribution is 9.10. The van der Waals surface area contributed by atoms with Crippen molar-refractivity contribution in [1.82, 2.24) is 4.98 Å². The summed E-state index contributed by atoms with van der Waals surface area (Å²) in [6.45, 7) is 6.33. The molecule has 2 rings (SSSR count). The van der Waals surface area contributed by atoms with Crippen molar-refractivity contribution in [1.29, 1.82) is 0 Å². The number of rotatable bonds is 1. The molecule has 1 heterocycles. The molecule has 1 saturated carbocycles. The van der Waals surface area contributed by atoms with Crippen LogP contribution in [0.5, 0.6) is 0 Å². The lowest BCUT2D eigenvalue weighted by atomic mass is 9.83. The van der Waals surface area contributed by atoms with Crippen molar-refractivity contribution in [2.24, 2.45) is 0 Å². The van der Waals surface area contributed by atoms with E-state index in [-0.39, 0.29) is 5.41 Å². The van der Waals surface area contributed by atoms with E-state index in [1.165, 1.54) is 18.4 Å². The maximum atomic E-state index is 13.3. The lowest BCUT2D eigenvalue weighted by Gasteiger charge is -2.23. The van der Waals surface area contributed by atoms with Gasteiger partial charge in [0, 0.05) is 0 Å². The quantitative estimate of drug-likeness (QED) is 0.699. The molecule has 82 valence electrons. The Balaban J connectivity index is 2.59. The van der Waals surface area contributed by atoms with E-state index >= 15 is 0 Å². The lowest BCUT2D eigenvalue weighted by Crippen LogP contribution is -2.15. The molecule has 0 spiro atoms. The van der Waals surface area contributed by atoms with Crippen LogP contribution >= 0.6 is 15.9 Å². The fraction of sp³-hybridized carbons (Fsp3) is 0.583. The second kappa shape index (κ2) is 3.55. The van der Waals surface area contributed by atoms with Gasteiger partial charge in [-0.15, -0.1) is 0 Å². The molecule has 0 N–H and O–H groups in total. The Morgan fingerprint density at radius 3 is 2.47 bits per heavy atom. The number of hydrogen-bond acceptors (Lipinski definition) is 1. The van der Waals surface area contributed by atoms with Gasteiger partial charge in [-0.25, -0.2) is 4.98 Å². The van der Waals surface area contributed by atoms with Crippen LogP contribution in [-0.2, 0) is 5.41 Å². The van der Waals surface area contributed by atoms with Gasteiger partial charge in [-0.3, -0.25) is 0 Å². The van der Waals surface area contributed by atoms with Gasteiger partial charge in [0.25, 0.3) is 0 Å². The van der Waals surface area contributed by atoms with Gasteiger partial charge in [0.2, 0.25) is 5.95 Å². The summed E-state index contributed by atoms with van der Waals surface area (Å²) >= 11 is 3.38. The highest BCUT2D eigenvalue weighted by atomic mass is 79.9. The van der Waals surface area contributed by atoms with Gasteiger partial charge in [-0.05, 0) is 57.3 Å². The van der Waals surface area contributed by atoms with Crippen molar-refractivity contribution in [2.45, 2.75) is 44.9 Å². The smallest absolute Gasteiger partial charge is 0.212 e. The van der Waals surface area contributed by atoms with E-state index in [0.29, 0.717) is 10.5 Å². The van der Waals surface area contributed by atoms with Crippen molar-refractivity contribution in [2.75, 3.05) is 0 Å². The molecule has 1 aliphatic rings. The van der Waals surface area contributed by atoms with Crippen LogP contribution in [-0.4, -0.2) is 4.98 Å². The first-order valence-corrected chi connectivity index (χ1v) is 6.05. The molecule has 3 heteroatoms. The van der Waals surface area contributed by atoms with E-state index < -0.39 is 5.95 Å². The first kappa shape index (κ1) is 11.1. The molecule has 0 aromatic carbocycles. The predicted molar refractivity (Wildman–Crippen MR) is 62.6 cm³/mol. The van der Waals surface area contributed by atoms with Crippen molar-refractivity contribution in [3.05, 3.63) is 27.7 Å². The van der Waals surface area contributed by atoms with E-state index in [1.807, 2.05) is 0 Å². The Kier molecular flexibility index (Phi) is 2.61. The van der Waals surface area contributed by atoms with Crippen molar-refractivity contribution in [3.63, 3.8) is 0 Å². The number of nitrogens with zero attached hydrogens (tertiary/aromatic N) is 1. The van der Waals surface area contributed by atoms with Gasteiger partial charge in [0.15, 0.2) is 0 Å². The number of halogens is 2. The van der Waals surface area contributed by atoms with Crippen molar-refractivity contribution >= 4 is 15.9 Å². The molecule has 0 atom stereocenters. The van der Waals surface area contributed by atoms with Crippen molar-refractivity contribution < 1.29 is 4.39 Å². The first-order valence-electron chi connectivity index (χ1n) is 5.26. The standard InChI is InChI=1S/C12H15BrFN/c1-12(2,3)8-6-9(14)15-11(13)10(8)7-4-5-7/h6-7H,4-5H2,1-3H3. The molecule has 1 fully saturated rings. The Morgan fingerprint density at radius 1 is 1.40 bits per heavy atom. The van der Waals surface area contributed by atoms with Gasteiger partial charge in [0.05, 0.1) is 0 Å². The van der Waals surface area contributed by atoms with Crippen LogP contribution in [0.2, 0.25) is 0 Å². The molecule has 1 aromatic rings. The second-order valence-corrected chi connectivity index (χ2v) is 5.97. The normalized spacial score (nSPS) is 16.9. The molecule has 0 amide bonds. The third kappa shape index (κ3) is 2.22. The minimum atomic E-state index is -0.392. The highest BCUT2D eigenvalue weighted by Gasteiger charge is 2.32. The van der Waals surface area contributed by atoms with Crippen LogP contribution in [0.1, 0.15) is 50.7 Å². The molecule has 0 radical (unpaired) electrons. The summed E-state index contributed by atoms with van der Waals surface area (Å²) in [7, 11) is 0.